The van der Waals surface area contributed by atoms with Crippen molar-refractivity contribution < 1.29 is 33.5 Å². The van der Waals surface area contributed by atoms with Crippen molar-refractivity contribution in [3.63, 3.8) is 0 Å². The lowest BCUT2D eigenvalue weighted by atomic mass is 10.1. The van der Waals surface area contributed by atoms with Crippen LogP contribution in [-0.4, -0.2) is 37.0 Å². The minimum Gasteiger partial charge on any atom is -0.495 e. The second-order valence-corrected chi connectivity index (χ2v) is 9.34. The Morgan fingerprint density at radius 3 is 2.46 bits per heavy atom. The Hall–Kier alpha value is -4.42. The monoisotopic (exact) mass is 615 g/mol. The van der Waals surface area contributed by atoms with E-state index in [1.807, 2.05) is 0 Å². The zero-order chi connectivity index (χ0) is 28.3. The topological polar surface area (TPSA) is 137 Å². The summed E-state index contributed by atoms with van der Waals surface area (Å²) in [5.74, 6) is -1.27. The number of imide groups is 2. The van der Waals surface area contributed by atoms with Gasteiger partial charge in [-0.15, -0.1) is 0 Å². The van der Waals surface area contributed by atoms with Gasteiger partial charge in [-0.25, -0.2) is 9.69 Å². The van der Waals surface area contributed by atoms with Crippen LogP contribution in [0.3, 0.4) is 0 Å². The molecule has 4 rings (SSSR count). The highest BCUT2D eigenvalue weighted by Gasteiger charge is 2.39. The second-order valence-electron chi connectivity index (χ2n) is 8.01. The van der Waals surface area contributed by atoms with Crippen molar-refractivity contribution in [2.24, 2.45) is 0 Å². The number of nitrogens with zero attached hydrogens (tertiary/aromatic N) is 2. The SMILES string of the molecule is COc1cc(N2C(=O)NC(=O)/C(=C\c3cc(Br)ccc3OCc3cccc([N+](=O)[O-])c3)C2=O)c(OC)cc1Cl. The van der Waals surface area contributed by atoms with E-state index < -0.39 is 22.8 Å². The van der Waals surface area contributed by atoms with Crippen molar-refractivity contribution in [3.8, 4) is 17.2 Å². The van der Waals surface area contributed by atoms with Gasteiger partial charge in [0.2, 0.25) is 0 Å². The number of carbonyl (C=O) groups excluding carboxylic acids is 3. The van der Waals surface area contributed by atoms with Crippen molar-refractivity contribution in [2.45, 2.75) is 6.61 Å². The van der Waals surface area contributed by atoms with Gasteiger partial charge in [-0.1, -0.05) is 39.7 Å². The number of barbiturate groups is 1. The molecule has 0 spiro atoms. The lowest BCUT2D eigenvalue weighted by Gasteiger charge is -2.28. The number of hydrogen-bond acceptors (Lipinski definition) is 8. The number of benzene rings is 3. The number of carbonyl (C=O) groups is 3. The Labute approximate surface area is 235 Å². The number of hydrogen-bond donors (Lipinski definition) is 1. The number of rotatable bonds is 8. The van der Waals surface area contributed by atoms with Crippen LogP contribution in [0.15, 0.2) is 64.6 Å². The minimum absolute atomic E-state index is 0.0102. The summed E-state index contributed by atoms with van der Waals surface area (Å²) in [5.41, 5.74) is 0.443. The number of ether oxygens (including phenoxy) is 3. The van der Waals surface area contributed by atoms with Gasteiger partial charge in [-0.2, -0.15) is 0 Å². The zero-order valence-electron chi connectivity index (χ0n) is 20.4. The molecule has 0 unspecified atom stereocenters. The summed E-state index contributed by atoms with van der Waals surface area (Å²) in [4.78, 5) is 50.3. The van der Waals surface area contributed by atoms with E-state index in [2.05, 4.69) is 21.2 Å². The van der Waals surface area contributed by atoms with E-state index in [1.165, 1.54) is 50.6 Å². The molecule has 13 heteroatoms. The summed E-state index contributed by atoms with van der Waals surface area (Å²) < 4.78 is 17.0. The number of non-ortho nitro benzene ring substituents is 1. The Kier molecular flexibility index (Phi) is 8.17. The molecule has 1 aliphatic rings. The van der Waals surface area contributed by atoms with Gasteiger partial charge >= 0.3 is 6.03 Å². The highest BCUT2D eigenvalue weighted by Crippen LogP contribution is 2.39. The van der Waals surface area contributed by atoms with Crippen LogP contribution >= 0.6 is 27.5 Å². The van der Waals surface area contributed by atoms with E-state index >= 15 is 0 Å². The van der Waals surface area contributed by atoms with E-state index in [0.717, 1.165) is 4.90 Å². The van der Waals surface area contributed by atoms with E-state index in [9.17, 15) is 24.5 Å². The second kappa shape index (κ2) is 11.5. The van der Waals surface area contributed by atoms with Gasteiger partial charge < -0.3 is 14.2 Å². The van der Waals surface area contributed by atoms with Crippen LogP contribution < -0.4 is 24.4 Å². The fraction of sp³-hybridized carbons (Fsp3) is 0.115. The summed E-state index contributed by atoms with van der Waals surface area (Å²) in [6.45, 7) is -0.0218. The van der Waals surface area contributed by atoms with Gasteiger partial charge in [-0.05, 0) is 29.8 Å². The van der Waals surface area contributed by atoms with Crippen LogP contribution in [0.4, 0.5) is 16.2 Å². The predicted molar refractivity (Wildman–Crippen MR) is 145 cm³/mol. The number of halogens is 2. The standard InChI is InChI=1S/C26H19BrClN3O8/c1-37-22-12-20(23(38-2)11-19(22)28)30-25(33)18(24(32)29-26(30)34)10-15-9-16(27)6-7-21(15)39-13-14-4-3-5-17(8-14)31(35)36/h3-12H,13H2,1-2H3,(H,29,32,34)/b18-10+. The fourth-order valence-corrected chi connectivity index (χ4v) is 4.34. The third kappa shape index (κ3) is 5.86. The van der Waals surface area contributed by atoms with Gasteiger partial charge in [0, 0.05) is 34.3 Å². The Bertz CT molecular complexity index is 1540. The molecule has 0 saturated carbocycles. The molecule has 3 aromatic rings. The summed E-state index contributed by atoms with van der Waals surface area (Å²) in [5, 5.41) is 13.4. The average molecular weight is 617 g/mol. The number of nitro groups is 1. The van der Waals surface area contributed by atoms with Gasteiger partial charge in [0.1, 0.15) is 29.4 Å². The number of nitrogens with one attached hydrogen (secondary N) is 1. The number of methoxy groups -OCH3 is 2. The van der Waals surface area contributed by atoms with Crippen LogP contribution in [0.25, 0.3) is 6.08 Å². The molecule has 11 nitrogen and oxygen atoms in total. The van der Waals surface area contributed by atoms with Crippen molar-refractivity contribution in [1.29, 1.82) is 0 Å². The maximum atomic E-state index is 13.5. The molecule has 1 fully saturated rings. The molecule has 1 N–H and O–H groups in total. The molecule has 0 radical (unpaired) electrons. The van der Waals surface area contributed by atoms with E-state index in [-0.39, 0.29) is 45.8 Å². The van der Waals surface area contributed by atoms with Crippen LogP contribution in [0.1, 0.15) is 11.1 Å². The van der Waals surface area contributed by atoms with Crippen molar-refractivity contribution >= 4 is 62.8 Å². The third-order valence-corrected chi connectivity index (χ3v) is 6.37. The van der Waals surface area contributed by atoms with Gasteiger partial charge in [0.15, 0.2) is 0 Å². The van der Waals surface area contributed by atoms with Crippen molar-refractivity contribution in [3.05, 3.63) is 90.9 Å². The molecule has 200 valence electrons. The normalized spacial score (nSPS) is 14.3. The first-order valence-corrected chi connectivity index (χ1v) is 12.3. The summed E-state index contributed by atoms with van der Waals surface area (Å²) in [6.07, 6.45) is 1.28. The first kappa shape index (κ1) is 27.6. The highest BCUT2D eigenvalue weighted by atomic mass is 79.9. The minimum atomic E-state index is -0.985. The Balaban J connectivity index is 1.71. The van der Waals surface area contributed by atoms with Gasteiger partial charge in [0.05, 0.1) is 29.9 Å². The van der Waals surface area contributed by atoms with Gasteiger partial charge in [0.25, 0.3) is 17.5 Å². The molecule has 0 aromatic heterocycles. The quantitative estimate of drug-likeness (QED) is 0.156. The molecule has 1 aliphatic heterocycles. The lowest BCUT2D eigenvalue weighted by Crippen LogP contribution is -2.54. The number of amides is 4. The molecule has 39 heavy (non-hydrogen) atoms. The fourth-order valence-electron chi connectivity index (χ4n) is 3.74. The molecule has 0 bridgehead atoms. The number of urea groups is 1. The molecule has 4 amide bonds. The summed E-state index contributed by atoms with van der Waals surface area (Å²) in [7, 11) is 2.70. The molecular weight excluding hydrogens is 598 g/mol. The third-order valence-electron chi connectivity index (χ3n) is 5.58. The Morgan fingerprint density at radius 2 is 1.77 bits per heavy atom. The lowest BCUT2D eigenvalue weighted by molar-refractivity contribution is -0.384. The van der Waals surface area contributed by atoms with E-state index in [4.69, 9.17) is 25.8 Å². The van der Waals surface area contributed by atoms with E-state index in [1.54, 1.807) is 24.3 Å². The smallest absolute Gasteiger partial charge is 0.336 e. The Morgan fingerprint density at radius 1 is 1.03 bits per heavy atom. The van der Waals surface area contributed by atoms with E-state index in [0.29, 0.717) is 15.6 Å². The van der Waals surface area contributed by atoms with Crippen LogP contribution in [0.2, 0.25) is 5.02 Å². The molecule has 0 atom stereocenters. The molecule has 3 aromatic carbocycles. The number of nitro benzene ring substituents is 1. The first-order chi connectivity index (χ1) is 18.6. The first-order valence-electron chi connectivity index (χ1n) is 11.1. The maximum Gasteiger partial charge on any atom is 0.336 e. The molecule has 1 saturated heterocycles. The number of anilines is 1. The predicted octanol–water partition coefficient (Wildman–Crippen LogP) is 5.27. The van der Waals surface area contributed by atoms with Crippen LogP contribution in [0.5, 0.6) is 17.2 Å². The molecule has 0 aliphatic carbocycles. The van der Waals surface area contributed by atoms with Crippen LogP contribution in [-0.2, 0) is 16.2 Å². The zero-order valence-corrected chi connectivity index (χ0v) is 22.7. The largest absolute Gasteiger partial charge is 0.495 e. The summed E-state index contributed by atoms with van der Waals surface area (Å²) in [6, 6.07) is 12.6. The van der Waals surface area contributed by atoms with Crippen molar-refractivity contribution in [1.82, 2.24) is 5.32 Å². The van der Waals surface area contributed by atoms with Gasteiger partial charge in [-0.3, -0.25) is 25.0 Å². The average Bonchev–Trinajstić information content (AvgIpc) is 2.91. The molecular formula is C26H19BrClN3O8. The maximum absolute atomic E-state index is 13.5. The molecule has 1 heterocycles. The highest BCUT2D eigenvalue weighted by molar-refractivity contribution is 9.10. The van der Waals surface area contributed by atoms with Crippen LogP contribution in [0, 0.1) is 10.1 Å². The van der Waals surface area contributed by atoms with Crippen molar-refractivity contribution in [2.75, 3.05) is 19.1 Å². The summed E-state index contributed by atoms with van der Waals surface area (Å²) >= 11 is 9.52.